The van der Waals surface area contributed by atoms with E-state index in [-0.39, 0.29) is 6.42 Å². The molecule has 1 aromatic carbocycles. The summed E-state index contributed by atoms with van der Waals surface area (Å²) in [5.74, 6) is -0.0676. The van der Waals surface area contributed by atoms with Crippen molar-refractivity contribution in [1.82, 2.24) is 0 Å². The Morgan fingerprint density at radius 1 is 1.25 bits per heavy atom. The first kappa shape index (κ1) is 12.8. The van der Waals surface area contributed by atoms with E-state index in [4.69, 9.17) is 5.11 Å². The van der Waals surface area contributed by atoms with Gasteiger partial charge in [0.2, 0.25) is 0 Å². The maximum absolute atomic E-state index is 10.5. The van der Waals surface area contributed by atoms with Gasteiger partial charge in [-0.2, -0.15) is 0 Å². The predicted molar refractivity (Wildman–Crippen MR) is 65.6 cm³/mol. The second-order valence-electron chi connectivity index (χ2n) is 4.61. The van der Waals surface area contributed by atoms with Gasteiger partial charge in [-0.05, 0) is 36.3 Å². The smallest absolute Gasteiger partial charge is 0.303 e. The molecule has 2 nitrogen and oxygen atoms in total. The molecule has 1 aromatic rings. The average Bonchev–Trinajstić information content (AvgIpc) is 2.19. The Hall–Kier alpha value is -1.31. The van der Waals surface area contributed by atoms with E-state index in [1.807, 2.05) is 6.07 Å². The first-order valence-corrected chi connectivity index (χ1v) is 5.88. The van der Waals surface area contributed by atoms with Crippen LogP contribution in [0.3, 0.4) is 0 Å². The van der Waals surface area contributed by atoms with Crippen LogP contribution in [0.2, 0.25) is 0 Å². The summed E-state index contributed by atoms with van der Waals surface area (Å²) in [5.41, 5.74) is 2.67. The maximum atomic E-state index is 10.5. The summed E-state index contributed by atoms with van der Waals surface area (Å²) in [6.45, 7) is 4.40. The third-order valence-electron chi connectivity index (χ3n) is 2.58. The summed E-state index contributed by atoms with van der Waals surface area (Å²) in [6, 6.07) is 8.34. The van der Waals surface area contributed by atoms with Crippen LogP contribution >= 0.6 is 0 Å². The van der Waals surface area contributed by atoms with Crippen LogP contribution in [0.25, 0.3) is 0 Å². The monoisotopic (exact) mass is 220 g/mol. The highest BCUT2D eigenvalue weighted by Gasteiger charge is 2.05. The minimum Gasteiger partial charge on any atom is -0.481 e. The van der Waals surface area contributed by atoms with Crippen LogP contribution in [0.5, 0.6) is 0 Å². The highest BCUT2D eigenvalue weighted by atomic mass is 16.4. The number of benzene rings is 1. The average molecular weight is 220 g/mol. The molecule has 0 saturated heterocycles. The Balaban J connectivity index is 2.60. The van der Waals surface area contributed by atoms with Crippen LogP contribution < -0.4 is 0 Å². The molecule has 0 heterocycles. The summed E-state index contributed by atoms with van der Waals surface area (Å²) >= 11 is 0. The number of carboxylic acid groups (broad SMARTS) is 1. The van der Waals surface area contributed by atoms with Gasteiger partial charge in [-0.1, -0.05) is 38.1 Å². The van der Waals surface area contributed by atoms with Gasteiger partial charge in [0.1, 0.15) is 0 Å². The fourth-order valence-electron chi connectivity index (χ4n) is 1.87. The molecule has 0 saturated carbocycles. The first-order valence-electron chi connectivity index (χ1n) is 5.88. The number of carbonyl (C=O) groups is 1. The number of carboxylic acids is 1. The molecular weight excluding hydrogens is 200 g/mol. The van der Waals surface area contributed by atoms with Crippen LogP contribution in [0.1, 0.15) is 37.8 Å². The van der Waals surface area contributed by atoms with E-state index in [0.717, 1.165) is 19.3 Å². The number of rotatable bonds is 6. The van der Waals surface area contributed by atoms with Gasteiger partial charge in [0.05, 0.1) is 0 Å². The highest BCUT2D eigenvalue weighted by molar-refractivity contribution is 5.66. The van der Waals surface area contributed by atoms with Crippen molar-refractivity contribution >= 4 is 5.97 Å². The van der Waals surface area contributed by atoms with Gasteiger partial charge in [0, 0.05) is 6.42 Å². The first-order chi connectivity index (χ1) is 7.59. The van der Waals surface area contributed by atoms with E-state index in [9.17, 15) is 4.79 Å². The molecule has 0 aliphatic rings. The van der Waals surface area contributed by atoms with E-state index in [0.29, 0.717) is 5.92 Å². The summed E-state index contributed by atoms with van der Waals surface area (Å²) in [5, 5.41) is 8.61. The standard InChI is InChI=1S/C14H20O2/c1-11(2)10-13-7-4-3-6-12(13)8-5-9-14(15)16/h3-4,6-7,11H,5,8-10H2,1-2H3,(H,15,16). The van der Waals surface area contributed by atoms with Crippen LogP contribution in [-0.4, -0.2) is 11.1 Å². The van der Waals surface area contributed by atoms with Crippen molar-refractivity contribution in [1.29, 1.82) is 0 Å². The van der Waals surface area contributed by atoms with Crippen molar-refractivity contribution in [3.8, 4) is 0 Å². The summed E-state index contributed by atoms with van der Waals surface area (Å²) < 4.78 is 0. The third-order valence-corrected chi connectivity index (χ3v) is 2.58. The molecule has 1 rings (SSSR count). The summed E-state index contributed by atoms with van der Waals surface area (Å²) in [4.78, 5) is 10.5. The molecule has 2 heteroatoms. The molecule has 16 heavy (non-hydrogen) atoms. The molecule has 0 aliphatic heterocycles. The minimum atomic E-state index is -0.707. The largest absolute Gasteiger partial charge is 0.481 e. The predicted octanol–water partition coefficient (Wildman–Crippen LogP) is 3.29. The molecule has 0 fully saturated rings. The van der Waals surface area contributed by atoms with E-state index in [1.165, 1.54) is 11.1 Å². The molecule has 88 valence electrons. The van der Waals surface area contributed by atoms with Crippen molar-refractivity contribution in [2.75, 3.05) is 0 Å². The Morgan fingerprint density at radius 3 is 2.44 bits per heavy atom. The van der Waals surface area contributed by atoms with Gasteiger partial charge < -0.3 is 5.11 Å². The van der Waals surface area contributed by atoms with Crippen molar-refractivity contribution in [3.05, 3.63) is 35.4 Å². The van der Waals surface area contributed by atoms with Gasteiger partial charge in [0.25, 0.3) is 0 Å². The molecule has 0 bridgehead atoms. The SMILES string of the molecule is CC(C)Cc1ccccc1CCCC(=O)O. The van der Waals surface area contributed by atoms with E-state index >= 15 is 0 Å². The number of aryl methyl sites for hydroxylation is 1. The summed E-state index contributed by atoms with van der Waals surface area (Å²) in [6.07, 6.45) is 2.93. The third kappa shape index (κ3) is 4.47. The number of hydrogen-bond donors (Lipinski definition) is 1. The van der Waals surface area contributed by atoms with Crippen LogP contribution in [0.4, 0.5) is 0 Å². The Kier molecular flexibility index (Phi) is 5.03. The van der Waals surface area contributed by atoms with Gasteiger partial charge in [-0.3, -0.25) is 4.79 Å². The molecular formula is C14H20O2. The lowest BCUT2D eigenvalue weighted by atomic mass is 9.95. The molecule has 0 amide bonds. The van der Waals surface area contributed by atoms with Crippen molar-refractivity contribution < 1.29 is 9.90 Å². The lowest BCUT2D eigenvalue weighted by Crippen LogP contribution is -2.01. The van der Waals surface area contributed by atoms with Crippen molar-refractivity contribution in [2.45, 2.75) is 39.5 Å². The molecule has 0 aliphatic carbocycles. The van der Waals surface area contributed by atoms with Crippen molar-refractivity contribution in [3.63, 3.8) is 0 Å². The lowest BCUT2D eigenvalue weighted by molar-refractivity contribution is -0.137. The van der Waals surface area contributed by atoms with Gasteiger partial charge >= 0.3 is 5.97 Å². The van der Waals surface area contributed by atoms with Gasteiger partial charge in [-0.15, -0.1) is 0 Å². The molecule has 0 unspecified atom stereocenters. The zero-order valence-electron chi connectivity index (χ0n) is 10.1. The second kappa shape index (κ2) is 6.31. The normalized spacial score (nSPS) is 10.7. The topological polar surface area (TPSA) is 37.3 Å². The van der Waals surface area contributed by atoms with E-state index < -0.39 is 5.97 Å². The molecule has 0 radical (unpaired) electrons. The lowest BCUT2D eigenvalue weighted by Gasteiger charge is -2.10. The fraction of sp³-hybridized carbons (Fsp3) is 0.500. The zero-order valence-corrected chi connectivity index (χ0v) is 10.1. The zero-order chi connectivity index (χ0) is 12.0. The van der Waals surface area contributed by atoms with Crippen LogP contribution in [0, 0.1) is 5.92 Å². The second-order valence-corrected chi connectivity index (χ2v) is 4.61. The number of hydrogen-bond acceptors (Lipinski definition) is 1. The highest BCUT2D eigenvalue weighted by Crippen LogP contribution is 2.16. The van der Waals surface area contributed by atoms with Crippen molar-refractivity contribution in [2.24, 2.45) is 5.92 Å². The molecule has 0 spiro atoms. The number of aliphatic carboxylic acids is 1. The van der Waals surface area contributed by atoms with E-state index in [1.54, 1.807) is 0 Å². The Morgan fingerprint density at radius 2 is 1.88 bits per heavy atom. The minimum absolute atomic E-state index is 0.260. The maximum Gasteiger partial charge on any atom is 0.303 e. The Bertz CT molecular complexity index is 342. The van der Waals surface area contributed by atoms with E-state index in [2.05, 4.69) is 32.0 Å². The van der Waals surface area contributed by atoms with Crippen LogP contribution in [0.15, 0.2) is 24.3 Å². The molecule has 1 N–H and O–H groups in total. The molecule has 0 aromatic heterocycles. The molecule has 0 atom stereocenters. The fourth-order valence-corrected chi connectivity index (χ4v) is 1.87. The van der Waals surface area contributed by atoms with Gasteiger partial charge in [-0.25, -0.2) is 0 Å². The quantitative estimate of drug-likeness (QED) is 0.798. The Labute approximate surface area is 97.3 Å². The van der Waals surface area contributed by atoms with Crippen LogP contribution in [-0.2, 0) is 17.6 Å². The van der Waals surface area contributed by atoms with Gasteiger partial charge in [0.15, 0.2) is 0 Å². The summed E-state index contributed by atoms with van der Waals surface area (Å²) in [7, 11) is 0.